The van der Waals surface area contributed by atoms with Crippen LogP contribution in [-0.2, 0) is 18.9 Å². The molecule has 6 atom stereocenters. The zero-order valence-corrected chi connectivity index (χ0v) is 23.5. The number of nitrogens with zero attached hydrogens (tertiary/aromatic N) is 4. The van der Waals surface area contributed by atoms with Crippen molar-refractivity contribution in [2.24, 2.45) is 0 Å². The summed E-state index contributed by atoms with van der Waals surface area (Å²) in [6, 6.07) is 12.2. The summed E-state index contributed by atoms with van der Waals surface area (Å²) in [7, 11) is 1.59. The summed E-state index contributed by atoms with van der Waals surface area (Å²) in [4.78, 5) is 4.94. The molecule has 2 fully saturated rings. The lowest BCUT2D eigenvalue weighted by Gasteiger charge is -2.48. The predicted octanol–water partition coefficient (Wildman–Crippen LogP) is 5.62. The third-order valence-electron chi connectivity index (χ3n) is 6.46. The highest BCUT2D eigenvalue weighted by molar-refractivity contribution is 7.99. The third-order valence-corrected chi connectivity index (χ3v) is 8.81. The van der Waals surface area contributed by atoms with Crippen LogP contribution in [0.2, 0.25) is 10.0 Å². The molecule has 4 heterocycles. The van der Waals surface area contributed by atoms with Crippen LogP contribution in [0.4, 0.5) is 9.52 Å². The molecule has 2 aromatic carbocycles. The molecule has 9 nitrogen and oxygen atoms in total. The van der Waals surface area contributed by atoms with Gasteiger partial charge in [-0.05, 0) is 12.1 Å². The van der Waals surface area contributed by atoms with E-state index < -0.39 is 41.9 Å². The van der Waals surface area contributed by atoms with Gasteiger partial charge in [0, 0.05) is 22.9 Å². The van der Waals surface area contributed by atoms with Gasteiger partial charge >= 0.3 is 0 Å². The standard InChI is InChI=1S/C25H22Cl2FN5O4S2/c1-34-22-20(33-9-16(31-32-33)17-11-38-25(29)30-17)21-18(10-35-23(37-21)12-5-3-2-4-6-12)36-24(22)39-13-7-14(26)19(28)15(27)8-13/h2-9,11,18,20-24H,10H2,1H3,(H2,29,30)/t18?,20-,21-,22?,23?,24+/m0/s1. The Balaban J connectivity index is 1.36. The van der Waals surface area contributed by atoms with E-state index in [0.29, 0.717) is 21.4 Å². The van der Waals surface area contributed by atoms with Crippen molar-refractivity contribution in [1.29, 1.82) is 0 Å². The second-order valence-corrected chi connectivity index (χ2v) is 11.8. The first-order valence-corrected chi connectivity index (χ1v) is 14.4. The lowest BCUT2D eigenvalue weighted by atomic mass is 9.95. The molecule has 2 saturated heterocycles. The summed E-state index contributed by atoms with van der Waals surface area (Å²) in [5.41, 5.74) is 7.33. The number of aromatic nitrogens is 4. The number of rotatable bonds is 6. The Kier molecular flexibility index (Phi) is 7.79. The van der Waals surface area contributed by atoms with E-state index in [-0.39, 0.29) is 16.7 Å². The van der Waals surface area contributed by atoms with E-state index in [2.05, 4.69) is 15.3 Å². The number of methoxy groups -OCH3 is 1. The molecular formula is C25H22Cl2FN5O4S2. The summed E-state index contributed by atoms with van der Waals surface area (Å²) < 4.78 is 40.8. The van der Waals surface area contributed by atoms with Gasteiger partial charge in [0.1, 0.15) is 41.2 Å². The van der Waals surface area contributed by atoms with Gasteiger partial charge in [-0.15, -0.1) is 16.4 Å². The maximum absolute atomic E-state index is 14.1. The Bertz CT molecular complexity index is 1440. The van der Waals surface area contributed by atoms with Crippen LogP contribution in [0.25, 0.3) is 11.4 Å². The first-order chi connectivity index (χ1) is 18.9. The van der Waals surface area contributed by atoms with Crippen LogP contribution in [-0.4, -0.2) is 57.4 Å². The van der Waals surface area contributed by atoms with Gasteiger partial charge in [-0.3, -0.25) is 0 Å². The van der Waals surface area contributed by atoms with Crippen LogP contribution < -0.4 is 5.73 Å². The number of fused-ring (bicyclic) bond motifs is 1. The molecule has 0 radical (unpaired) electrons. The fraction of sp³-hybridized carbons (Fsp3) is 0.320. The van der Waals surface area contributed by atoms with Crippen molar-refractivity contribution in [3.8, 4) is 11.4 Å². The van der Waals surface area contributed by atoms with Crippen LogP contribution in [0.3, 0.4) is 0 Å². The Morgan fingerprint density at radius 3 is 2.62 bits per heavy atom. The smallest absolute Gasteiger partial charge is 0.184 e. The molecule has 39 heavy (non-hydrogen) atoms. The van der Waals surface area contributed by atoms with E-state index in [0.717, 1.165) is 5.56 Å². The topological polar surface area (TPSA) is 107 Å². The number of nitrogen functional groups attached to an aromatic ring is 1. The molecule has 0 spiro atoms. The lowest BCUT2D eigenvalue weighted by molar-refractivity contribution is -0.308. The van der Waals surface area contributed by atoms with Gasteiger partial charge in [0.15, 0.2) is 17.2 Å². The van der Waals surface area contributed by atoms with Crippen molar-refractivity contribution in [3.63, 3.8) is 0 Å². The number of benzene rings is 2. The van der Waals surface area contributed by atoms with E-state index in [1.807, 2.05) is 35.7 Å². The maximum atomic E-state index is 14.1. The Hall–Kier alpha value is -2.29. The average Bonchev–Trinajstić information content (AvgIpc) is 3.60. The van der Waals surface area contributed by atoms with E-state index in [1.165, 1.54) is 35.2 Å². The van der Waals surface area contributed by atoms with Gasteiger partial charge in [0.2, 0.25) is 0 Å². The van der Waals surface area contributed by atoms with Crippen molar-refractivity contribution in [3.05, 3.63) is 75.5 Å². The molecule has 204 valence electrons. The van der Waals surface area contributed by atoms with Crippen LogP contribution in [0.1, 0.15) is 17.9 Å². The second-order valence-electron chi connectivity index (χ2n) is 8.88. The van der Waals surface area contributed by atoms with Gasteiger partial charge in [0.05, 0.1) is 22.8 Å². The number of thiazole rings is 1. The largest absolute Gasteiger partial charge is 0.375 e. The van der Waals surface area contributed by atoms with E-state index in [1.54, 1.807) is 18.0 Å². The summed E-state index contributed by atoms with van der Waals surface area (Å²) in [5.74, 6) is -0.674. The molecule has 0 saturated carbocycles. The Labute approximate surface area is 241 Å². The molecule has 2 aromatic heterocycles. The Morgan fingerprint density at radius 2 is 1.92 bits per heavy atom. The number of hydrogen-bond acceptors (Lipinski definition) is 10. The lowest BCUT2D eigenvalue weighted by Crippen LogP contribution is -2.59. The summed E-state index contributed by atoms with van der Waals surface area (Å²) in [6.45, 7) is 0.267. The van der Waals surface area contributed by atoms with Crippen LogP contribution in [0.15, 0.2) is 58.9 Å². The van der Waals surface area contributed by atoms with Gasteiger partial charge in [-0.25, -0.2) is 14.1 Å². The van der Waals surface area contributed by atoms with E-state index in [9.17, 15) is 4.39 Å². The minimum atomic E-state index is -0.674. The summed E-state index contributed by atoms with van der Waals surface area (Å²) >= 11 is 14.7. The number of halogens is 3. The number of nitrogens with two attached hydrogens (primary N) is 1. The first-order valence-electron chi connectivity index (χ1n) is 11.9. The highest BCUT2D eigenvalue weighted by Crippen LogP contribution is 2.45. The molecule has 6 rings (SSSR count). The molecule has 0 amide bonds. The molecule has 2 aliphatic rings. The predicted molar refractivity (Wildman–Crippen MR) is 146 cm³/mol. The maximum Gasteiger partial charge on any atom is 0.184 e. The number of ether oxygens (including phenoxy) is 4. The number of thioether (sulfide) groups is 1. The van der Waals surface area contributed by atoms with Crippen molar-refractivity contribution < 1.29 is 23.3 Å². The molecular weight excluding hydrogens is 588 g/mol. The van der Waals surface area contributed by atoms with Crippen LogP contribution in [0, 0.1) is 5.82 Å². The zero-order chi connectivity index (χ0) is 27.1. The molecule has 14 heteroatoms. The molecule has 2 aliphatic heterocycles. The minimum Gasteiger partial charge on any atom is -0.375 e. The summed E-state index contributed by atoms with van der Waals surface area (Å²) in [6.07, 6.45) is -0.342. The van der Waals surface area contributed by atoms with Crippen molar-refractivity contribution in [2.75, 3.05) is 19.5 Å². The quantitative estimate of drug-likeness (QED) is 0.279. The Morgan fingerprint density at radius 1 is 1.15 bits per heavy atom. The number of anilines is 1. The van der Waals surface area contributed by atoms with E-state index >= 15 is 0 Å². The molecule has 3 unspecified atom stereocenters. The van der Waals surface area contributed by atoms with Crippen molar-refractivity contribution in [2.45, 2.75) is 41.0 Å². The highest BCUT2D eigenvalue weighted by Gasteiger charge is 2.52. The van der Waals surface area contributed by atoms with Crippen LogP contribution >= 0.6 is 46.3 Å². The summed E-state index contributed by atoms with van der Waals surface area (Å²) in [5, 5.41) is 10.9. The third kappa shape index (κ3) is 5.40. The minimum absolute atomic E-state index is 0.0808. The van der Waals surface area contributed by atoms with Crippen LogP contribution in [0.5, 0.6) is 0 Å². The molecule has 0 bridgehead atoms. The number of hydrogen-bond donors (Lipinski definition) is 1. The fourth-order valence-electron chi connectivity index (χ4n) is 4.67. The second kappa shape index (κ2) is 11.3. The van der Waals surface area contributed by atoms with Crippen molar-refractivity contribution in [1.82, 2.24) is 20.0 Å². The SMILES string of the molecule is COC1[C@@H](Sc2cc(Cl)c(F)c(Cl)c2)OC2COC(c3ccccc3)O[C@@H]2[C@@H]1n1cc(-c2csc(N)n2)nn1. The van der Waals surface area contributed by atoms with Gasteiger partial charge in [-0.1, -0.05) is 70.5 Å². The van der Waals surface area contributed by atoms with Gasteiger partial charge < -0.3 is 24.7 Å². The first kappa shape index (κ1) is 26.9. The monoisotopic (exact) mass is 609 g/mol. The zero-order valence-electron chi connectivity index (χ0n) is 20.3. The van der Waals surface area contributed by atoms with Gasteiger partial charge in [-0.2, -0.15) is 0 Å². The highest BCUT2D eigenvalue weighted by atomic mass is 35.5. The molecule has 0 aliphatic carbocycles. The average molecular weight is 611 g/mol. The molecule has 2 N–H and O–H groups in total. The normalized spacial score (nSPS) is 26.9. The molecule has 4 aromatic rings. The van der Waals surface area contributed by atoms with Crippen molar-refractivity contribution >= 4 is 51.4 Å². The van der Waals surface area contributed by atoms with E-state index in [4.69, 9.17) is 47.9 Å². The van der Waals surface area contributed by atoms with Gasteiger partial charge in [0.25, 0.3) is 0 Å². The fourth-order valence-corrected chi connectivity index (χ4v) is 7.09.